The predicted molar refractivity (Wildman–Crippen MR) is 149 cm³/mol. The standard InChI is InChI=1S/C30H34BrClO5/c31-18-26-28(35-20-24-12-6-2-7-13-24)29(36-21-25-14-8-3-9-15-25)27(37-30(26)34-17-16-32)22-33-19-23-10-4-1-5-11-23/h1-15,26-30H,16-22H2/t26-,27-,28-,29-,30+/m1/s1. The highest BCUT2D eigenvalue weighted by molar-refractivity contribution is 9.09. The predicted octanol–water partition coefficient (Wildman–Crippen LogP) is 6.37. The molecular weight excluding hydrogens is 556 g/mol. The lowest BCUT2D eigenvalue weighted by molar-refractivity contribution is -0.300. The van der Waals surface area contributed by atoms with Crippen LogP contribution in [0.5, 0.6) is 0 Å². The summed E-state index contributed by atoms with van der Waals surface area (Å²) in [5.41, 5.74) is 3.29. The Morgan fingerprint density at radius 3 is 1.70 bits per heavy atom. The van der Waals surface area contributed by atoms with E-state index >= 15 is 0 Å². The summed E-state index contributed by atoms with van der Waals surface area (Å²) in [5, 5.41) is 0.627. The van der Waals surface area contributed by atoms with Crippen LogP contribution in [0.4, 0.5) is 0 Å². The van der Waals surface area contributed by atoms with Gasteiger partial charge in [0.05, 0.1) is 39.1 Å². The van der Waals surface area contributed by atoms with Crippen molar-refractivity contribution >= 4 is 27.5 Å². The molecule has 0 unspecified atom stereocenters. The third-order valence-electron chi connectivity index (χ3n) is 6.27. The van der Waals surface area contributed by atoms with Gasteiger partial charge < -0.3 is 23.7 Å². The number of alkyl halides is 2. The van der Waals surface area contributed by atoms with Crippen LogP contribution < -0.4 is 0 Å². The first-order chi connectivity index (χ1) is 18.3. The molecule has 7 heteroatoms. The summed E-state index contributed by atoms with van der Waals surface area (Å²) in [6.07, 6.45) is -1.54. The number of benzene rings is 3. The Bertz CT molecular complexity index is 1010. The molecule has 5 atom stereocenters. The van der Waals surface area contributed by atoms with Gasteiger partial charge in [0.1, 0.15) is 12.2 Å². The second-order valence-electron chi connectivity index (χ2n) is 8.94. The first-order valence-corrected chi connectivity index (χ1v) is 14.3. The van der Waals surface area contributed by atoms with Crippen molar-refractivity contribution in [3.8, 4) is 0 Å². The molecule has 3 aromatic rings. The quantitative estimate of drug-likeness (QED) is 0.205. The van der Waals surface area contributed by atoms with Crippen LogP contribution in [0.15, 0.2) is 91.0 Å². The van der Waals surface area contributed by atoms with Gasteiger partial charge >= 0.3 is 0 Å². The fourth-order valence-electron chi connectivity index (χ4n) is 4.40. The maximum absolute atomic E-state index is 6.58. The number of ether oxygens (including phenoxy) is 5. The Kier molecular flexibility index (Phi) is 11.9. The van der Waals surface area contributed by atoms with Crippen LogP contribution in [0, 0.1) is 5.92 Å². The second-order valence-corrected chi connectivity index (χ2v) is 9.97. The molecule has 0 N–H and O–H groups in total. The molecule has 1 aliphatic heterocycles. The Morgan fingerprint density at radius 1 is 0.676 bits per heavy atom. The lowest BCUT2D eigenvalue weighted by Gasteiger charge is -2.45. The lowest BCUT2D eigenvalue weighted by atomic mass is 9.91. The third-order valence-corrected chi connectivity index (χ3v) is 7.17. The minimum Gasteiger partial charge on any atom is -0.374 e. The van der Waals surface area contributed by atoms with Gasteiger partial charge in [-0.3, -0.25) is 0 Å². The summed E-state index contributed by atoms with van der Waals surface area (Å²) in [4.78, 5) is 0. The number of halogens is 2. The number of hydrogen-bond acceptors (Lipinski definition) is 5. The van der Waals surface area contributed by atoms with Gasteiger partial charge in [-0.2, -0.15) is 0 Å². The summed E-state index contributed by atoms with van der Waals surface area (Å²) >= 11 is 9.63. The first kappa shape index (κ1) is 28.2. The van der Waals surface area contributed by atoms with Crippen LogP contribution in [0.25, 0.3) is 0 Å². The molecule has 1 aliphatic rings. The van der Waals surface area contributed by atoms with Crippen molar-refractivity contribution < 1.29 is 23.7 Å². The summed E-state index contributed by atoms with van der Waals surface area (Å²) < 4.78 is 31.8. The summed E-state index contributed by atoms with van der Waals surface area (Å²) in [5.74, 6) is 0.283. The van der Waals surface area contributed by atoms with Gasteiger partial charge in [-0.1, -0.05) is 107 Å². The minimum atomic E-state index is -0.499. The van der Waals surface area contributed by atoms with Crippen LogP contribution in [-0.2, 0) is 43.5 Å². The van der Waals surface area contributed by atoms with Crippen molar-refractivity contribution in [2.24, 2.45) is 5.92 Å². The molecule has 0 aliphatic carbocycles. The molecule has 1 saturated heterocycles. The zero-order chi connectivity index (χ0) is 25.7. The summed E-state index contributed by atoms with van der Waals surface area (Å²) in [6.45, 7) is 2.11. The van der Waals surface area contributed by atoms with Crippen LogP contribution in [0.1, 0.15) is 16.7 Å². The van der Waals surface area contributed by atoms with E-state index in [0.717, 1.165) is 16.7 Å². The molecule has 0 radical (unpaired) electrons. The average Bonchev–Trinajstić information content (AvgIpc) is 2.95. The molecule has 5 nitrogen and oxygen atoms in total. The van der Waals surface area contributed by atoms with Crippen molar-refractivity contribution in [1.29, 1.82) is 0 Å². The number of rotatable bonds is 14. The van der Waals surface area contributed by atoms with E-state index in [1.165, 1.54) is 0 Å². The zero-order valence-electron chi connectivity index (χ0n) is 20.8. The zero-order valence-corrected chi connectivity index (χ0v) is 23.1. The molecule has 37 heavy (non-hydrogen) atoms. The fourth-order valence-corrected chi connectivity index (χ4v) is 5.16. The van der Waals surface area contributed by atoms with Gasteiger partial charge in [0.2, 0.25) is 0 Å². The molecule has 1 fully saturated rings. The van der Waals surface area contributed by atoms with Crippen LogP contribution >= 0.6 is 27.5 Å². The smallest absolute Gasteiger partial charge is 0.164 e. The molecule has 4 rings (SSSR count). The monoisotopic (exact) mass is 588 g/mol. The molecular formula is C30H34BrClO5. The molecule has 0 spiro atoms. The van der Waals surface area contributed by atoms with E-state index in [1.54, 1.807) is 0 Å². The highest BCUT2D eigenvalue weighted by atomic mass is 79.9. The molecule has 0 saturated carbocycles. The third kappa shape index (κ3) is 8.62. The normalized spacial score (nSPS) is 23.7. The molecule has 198 valence electrons. The van der Waals surface area contributed by atoms with E-state index < -0.39 is 6.29 Å². The fraction of sp³-hybridized carbons (Fsp3) is 0.400. The Labute approximate surface area is 233 Å². The van der Waals surface area contributed by atoms with Gasteiger partial charge in [-0.25, -0.2) is 0 Å². The maximum Gasteiger partial charge on any atom is 0.164 e. The van der Waals surface area contributed by atoms with Gasteiger partial charge in [0.25, 0.3) is 0 Å². The largest absolute Gasteiger partial charge is 0.374 e. The highest BCUT2D eigenvalue weighted by Gasteiger charge is 2.47. The van der Waals surface area contributed by atoms with E-state index in [0.29, 0.717) is 44.2 Å². The molecule has 3 aromatic carbocycles. The van der Waals surface area contributed by atoms with E-state index in [2.05, 4.69) is 40.2 Å². The highest BCUT2D eigenvalue weighted by Crippen LogP contribution is 2.34. The van der Waals surface area contributed by atoms with Crippen molar-refractivity contribution in [2.45, 2.75) is 44.4 Å². The second kappa shape index (κ2) is 15.6. The lowest BCUT2D eigenvalue weighted by Crippen LogP contribution is -2.59. The topological polar surface area (TPSA) is 46.2 Å². The average molecular weight is 590 g/mol. The first-order valence-electron chi connectivity index (χ1n) is 12.6. The van der Waals surface area contributed by atoms with E-state index in [-0.39, 0.29) is 24.2 Å². The Hall–Kier alpha value is -1.77. The Morgan fingerprint density at radius 2 is 1.19 bits per heavy atom. The molecule has 0 aromatic heterocycles. The maximum atomic E-state index is 6.58. The van der Waals surface area contributed by atoms with Gasteiger partial charge in [-0.15, -0.1) is 11.6 Å². The summed E-state index contributed by atoms with van der Waals surface area (Å²) in [7, 11) is 0. The minimum absolute atomic E-state index is 0.0990. The van der Waals surface area contributed by atoms with E-state index in [9.17, 15) is 0 Å². The molecule has 0 bridgehead atoms. The van der Waals surface area contributed by atoms with Crippen molar-refractivity contribution in [3.63, 3.8) is 0 Å². The van der Waals surface area contributed by atoms with Gasteiger partial charge in [0.15, 0.2) is 6.29 Å². The SMILES string of the molecule is ClCCO[C@H]1O[C@H](COCc2ccccc2)[C@@H](OCc2ccccc2)[C@H](OCc2ccccc2)[C@H]1CBr. The Balaban J connectivity index is 1.54. The number of hydrogen-bond donors (Lipinski definition) is 0. The van der Waals surface area contributed by atoms with Crippen LogP contribution in [0.2, 0.25) is 0 Å². The van der Waals surface area contributed by atoms with Crippen molar-refractivity contribution in [2.75, 3.05) is 24.4 Å². The van der Waals surface area contributed by atoms with Crippen molar-refractivity contribution in [1.82, 2.24) is 0 Å². The molecule has 0 amide bonds. The molecule has 1 heterocycles. The van der Waals surface area contributed by atoms with Crippen molar-refractivity contribution in [3.05, 3.63) is 108 Å². The van der Waals surface area contributed by atoms with Gasteiger partial charge in [0, 0.05) is 17.1 Å². The van der Waals surface area contributed by atoms with Gasteiger partial charge in [-0.05, 0) is 16.7 Å². The van der Waals surface area contributed by atoms with E-state index in [4.69, 9.17) is 35.3 Å². The van der Waals surface area contributed by atoms with Crippen LogP contribution in [-0.4, -0.2) is 49.0 Å². The van der Waals surface area contributed by atoms with Crippen LogP contribution in [0.3, 0.4) is 0 Å². The van der Waals surface area contributed by atoms with E-state index in [1.807, 2.05) is 66.7 Å². The summed E-state index contributed by atoms with van der Waals surface area (Å²) in [6, 6.07) is 30.4.